The standard InChI is InChI=1S/C23H29N3O3S2/c1-6-25(7-2)14-15-26(22(27)18-9-11-19(12-10-18)31(5,28)29)23-24-21-17(4)16(3)8-13-20(21)30-23/h8-13H,6-7,14-15H2,1-5H3. The molecule has 1 aromatic heterocycles. The normalized spacial score (nSPS) is 11.9. The van der Waals surface area contributed by atoms with E-state index < -0.39 is 9.84 Å². The molecular weight excluding hydrogens is 430 g/mol. The topological polar surface area (TPSA) is 70.6 Å². The van der Waals surface area contributed by atoms with Crippen molar-refractivity contribution in [1.29, 1.82) is 0 Å². The number of carbonyl (C=O) groups excluding carboxylic acids is 1. The highest BCUT2D eigenvalue weighted by Crippen LogP contribution is 2.32. The van der Waals surface area contributed by atoms with E-state index in [0.29, 0.717) is 17.2 Å². The van der Waals surface area contributed by atoms with Gasteiger partial charge in [-0.3, -0.25) is 9.69 Å². The first kappa shape index (κ1) is 23.4. The van der Waals surface area contributed by atoms with Crippen LogP contribution < -0.4 is 4.90 Å². The molecule has 0 saturated heterocycles. The minimum atomic E-state index is -3.31. The fourth-order valence-electron chi connectivity index (χ4n) is 3.40. The molecule has 0 unspecified atom stereocenters. The number of aromatic nitrogens is 1. The molecule has 166 valence electrons. The first-order valence-corrected chi connectivity index (χ1v) is 13.1. The largest absolute Gasteiger partial charge is 0.302 e. The van der Waals surface area contributed by atoms with Gasteiger partial charge < -0.3 is 4.90 Å². The van der Waals surface area contributed by atoms with Crippen LogP contribution in [0.4, 0.5) is 5.13 Å². The molecule has 8 heteroatoms. The first-order chi connectivity index (χ1) is 14.7. The SMILES string of the molecule is CCN(CC)CCN(C(=O)c1ccc(S(C)(=O)=O)cc1)c1nc2c(C)c(C)ccc2s1. The number of nitrogens with zero attached hydrogens (tertiary/aromatic N) is 3. The van der Waals surface area contributed by atoms with E-state index in [4.69, 9.17) is 4.98 Å². The Bertz CT molecular complexity index is 1180. The Morgan fingerprint density at radius 3 is 2.23 bits per heavy atom. The van der Waals surface area contributed by atoms with Crippen LogP contribution in [0.1, 0.15) is 35.3 Å². The van der Waals surface area contributed by atoms with E-state index >= 15 is 0 Å². The first-order valence-electron chi connectivity index (χ1n) is 10.4. The van der Waals surface area contributed by atoms with Gasteiger partial charge in [-0.1, -0.05) is 31.3 Å². The van der Waals surface area contributed by atoms with Crippen LogP contribution >= 0.6 is 11.3 Å². The van der Waals surface area contributed by atoms with Crippen LogP contribution in [0, 0.1) is 13.8 Å². The fourth-order valence-corrected chi connectivity index (χ4v) is 5.08. The Hall–Kier alpha value is -2.29. The summed E-state index contributed by atoms with van der Waals surface area (Å²) < 4.78 is 24.6. The minimum Gasteiger partial charge on any atom is -0.302 e. The number of likely N-dealkylation sites (N-methyl/N-ethyl adjacent to an activating group) is 1. The van der Waals surface area contributed by atoms with E-state index in [0.717, 1.165) is 41.7 Å². The van der Waals surface area contributed by atoms with Crippen molar-refractivity contribution in [3.05, 3.63) is 53.1 Å². The maximum Gasteiger partial charge on any atom is 0.260 e. The highest BCUT2D eigenvalue weighted by atomic mass is 32.2. The van der Waals surface area contributed by atoms with Crippen LogP contribution in [0.2, 0.25) is 0 Å². The van der Waals surface area contributed by atoms with Gasteiger partial charge >= 0.3 is 0 Å². The highest BCUT2D eigenvalue weighted by molar-refractivity contribution is 7.90. The number of amides is 1. The average Bonchev–Trinajstić information content (AvgIpc) is 3.18. The summed E-state index contributed by atoms with van der Waals surface area (Å²) in [7, 11) is -3.31. The molecule has 1 amide bonds. The number of sulfone groups is 1. The van der Waals surface area contributed by atoms with Crippen LogP contribution in [-0.4, -0.2) is 56.6 Å². The van der Waals surface area contributed by atoms with Crippen molar-refractivity contribution >= 4 is 42.4 Å². The van der Waals surface area contributed by atoms with Gasteiger partial charge in [0, 0.05) is 24.9 Å². The maximum absolute atomic E-state index is 13.4. The quantitative estimate of drug-likeness (QED) is 0.502. The molecule has 0 aliphatic carbocycles. The molecular formula is C23H29N3O3S2. The van der Waals surface area contributed by atoms with E-state index in [1.54, 1.807) is 17.0 Å². The van der Waals surface area contributed by atoms with Gasteiger partial charge in [-0.25, -0.2) is 13.4 Å². The molecule has 2 aromatic carbocycles. The lowest BCUT2D eigenvalue weighted by molar-refractivity contribution is 0.0983. The molecule has 0 aliphatic rings. The summed E-state index contributed by atoms with van der Waals surface area (Å²) in [5.74, 6) is -0.180. The second-order valence-corrected chi connectivity index (χ2v) is 10.7. The second kappa shape index (κ2) is 9.46. The Labute approximate surface area is 188 Å². The molecule has 31 heavy (non-hydrogen) atoms. The number of thiazole rings is 1. The van der Waals surface area contributed by atoms with Crippen molar-refractivity contribution in [2.75, 3.05) is 37.3 Å². The van der Waals surface area contributed by atoms with Crippen LogP contribution in [0.15, 0.2) is 41.3 Å². The van der Waals surface area contributed by atoms with Crippen molar-refractivity contribution in [2.24, 2.45) is 0 Å². The monoisotopic (exact) mass is 459 g/mol. The summed E-state index contributed by atoms with van der Waals surface area (Å²) in [6, 6.07) is 10.2. The smallest absolute Gasteiger partial charge is 0.260 e. The molecule has 3 aromatic rings. The Kier molecular flexibility index (Phi) is 7.13. The zero-order valence-corrected chi connectivity index (χ0v) is 20.3. The maximum atomic E-state index is 13.4. The average molecular weight is 460 g/mol. The van der Waals surface area contributed by atoms with Crippen molar-refractivity contribution in [2.45, 2.75) is 32.6 Å². The molecule has 0 radical (unpaired) electrons. The van der Waals surface area contributed by atoms with E-state index in [2.05, 4.69) is 31.7 Å². The van der Waals surface area contributed by atoms with E-state index in [9.17, 15) is 13.2 Å². The molecule has 0 N–H and O–H groups in total. The van der Waals surface area contributed by atoms with Crippen molar-refractivity contribution in [3.8, 4) is 0 Å². The minimum absolute atomic E-state index is 0.180. The summed E-state index contributed by atoms with van der Waals surface area (Å²) in [6.07, 6.45) is 1.16. The molecule has 0 saturated carbocycles. The third kappa shape index (κ3) is 5.14. The summed E-state index contributed by atoms with van der Waals surface area (Å²) in [5, 5.41) is 0.660. The summed E-state index contributed by atoms with van der Waals surface area (Å²) >= 11 is 1.51. The van der Waals surface area contributed by atoms with Gasteiger partial charge in [-0.05, 0) is 68.4 Å². The highest BCUT2D eigenvalue weighted by Gasteiger charge is 2.23. The Balaban J connectivity index is 2.00. The van der Waals surface area contributed by atoms with Crippen LogP contribution in [0.5, 0.6) is 0 Å². The zero-order chi connectivity index (χ0) is 22.8. The number of anilines is 1. The third-order valence-electron chi connectivity index (χ3n) is 5.61. The van der Waals surface area contributed by atoms with Crippen LogP contribution in [-0.2, 0) is 9.84 Å². The van der Waals surface area contributed by atoms with E-state index in [1.807, 2.05) is 13.0 Å². The molecule has 0 bridgehead atoms. The van der Waals surface area contributed by atoms with Crippen LogP contribution in [0.3, 0.4) is 0 Å². The molecule has 0 atom stereocenters. The number of hydrogen-bond donors (Lipinski definition) is 0. The Morgan fingerprint density at radius 1 is 1.00 bits per heavy atom. The van der Waals surface area contributed by atoms with Gasteiger partial charge in [0.15, 0.2) is 15.0 Å². The lowest BCUT2D eigenvalue weighted by atomic mass is 10.1. The van der Waals surface area contributed by atoms with Crippen molar-refractivity contribution in [1.82, 2.24) is 9.88 Å². The van der Waals surface area contributed by atoms with Crippen molar-refractivity contribution < 1.29 is 13.2 Å². The Morgan fingerprint density at radius 2 is 1.65 bits per heavy atom. The van der Waals surface area contributed by atoms with E-state index in [-0.39, 0.29) is 10.8 Å². The van der Waals surface area contributed by atoms with Gasteiger partial charge in [-0.2, -0.15) is 0 Å². The lowest BCUT2D eigenvalue weighted by Gasteiger charge is -2.24. The number of carbonyl (C=O) groups is 1. The van der Waals surface area contributed by atoms with Crippen molar-refractivity contribution in [3.63, 3.8) is 0 Å². The molecule has 0 spiro atoms. The molecule has 0 fully saturated rings. The van der Waals surface area contributed by atoms with Gasteiger partial charge in [0.2, 0.25) is 0 Å². The van der Waals surface area contributed by atoms with E-state index in [1.165, 1.54) is 29.0 Å². The molecule has 1 heterocycles. The van der Waals surface area contributed by atoms with Crippen LogP contribution in [0.25, 0.3) is 10.2 Å². The number of hydrogen-bond acceptors (Lipinski definition) is 6. The summed E-state index contributed by atoms with van der Waals surface area (Å²) in [5.41, 5.74) is 3.66. The summed E-state index contributed by atoms with van der Waals surface area (Å²) in [6.45, 7) is 11.3. The number of fused-ring (bicyclic) bond motifs is 1. The number of aryl methyl sites for hydroxylation is 2. The fraction of sp³-hybridized carbons (Fsp3) is 0.391. The number of benzene rings is 2. The number of rotatable bonds is 8. The van der Waals surface area contributed by atoms with Gasteiger partial charge in [-0.15, -0.1) is 0 Å². The second-order valence-electron chi connectivity index (χ2n) is 7.63. The molecule has 6 nitrogen and oxygen atoms in total. The molecule has 3 rings (SSSR count). The predicted molar refractivity (Wildman–Crippen MR) is 128 cm³/mol. The lowest BCUT2D eigenvalue weighted by Crippen LogP contribution is -2.38. The molecule has 0 aliphatic heterocycles. The predicted octanol–water partition coefficient (Wildman–Crippen LogP) is 4.31. The van der Waals surface area contributed by atoms with Gasteiger partial charge in [0.1, 0.15) is 0 Å². The zero-order valence-electron chi connectivity index (χ0n) is 18.7. The third-order valence-corrected chi connectivity index (χ3v) is 7.79. The van der Waals surface area contributed by atoms with Gasteiger partial charge in [0.25, 0.3) is 5.91 Å². The van der Waals surface area contributed by atoms with Gasteiger partial charge in [0.05, 0.1) is 15.1 Å². The summed E-state index contributed by atoms with van der Waals surface area (Å²) in [4.78, 5) is 22.4.